The van der Waals surface area contributed by atoms with Crippen molar-refractivity contribution in [3.05, 3.63) is 12.7 Å². The number of nitrogens with one attached hydrogen (secondary N) is 2. The smallest absolute Gasteiger partial charge is 0.274 e. The molecule has 4 saturated carbocycles. The van der Waals surface area contributed by atoms with Crippen LogP contribution in [0.3, 0.4) is 0 Å². The number of rotatable bonds is 25. The van der Waals surface area contributed by atoms with Gasteiger partial charge in [0.15, 0.2) is 22.8 Å². The van der Waals surface area contributed by atoms with Crippen LogP contribution in [-0.4, -0.2) is 137 Å². The molecule has 1 aliphatic heterocycles. The lowest BCUT2D eigenvalue weighted by Crippen LogP contribution is -2.62. The zero-order valence-corrected chi connectivity index (χ0v) is 48.6. The van der Waals surface area contributed by atoms with Gasteiger partial charge in [-0.1, -0.05) is 66.1 Å². The van der Waals surface area contributed by atoms with Crippen LogP contribution in [0.5, 0.6) is 0 Å². The highest BCUT2D eigenvalue weighted by molar-refractivity contribution is 8.13. The van der Waals surface area contributed by atoms with Gasteiger partial charge in [-0.15, -0.1) is 0 Å². The first-order valence-electron chi connectivity index (χ1n) is 26.8. The Bertz CT molecular complexity index is 2640. The van der Waals surface area contributed by atoms with E-state index in [-0.39, 0.29) is 88.1 Å². The van der Waals surface area contributed by atoms with E-state index < -0.39 is 96.8 Å². The number of aliphatic hydroxyl groups is 5. The van der Waals surface area contributed by atoms with E-state index in [9.17, 15) is 73.2 Å². The molecule has 0 aromatic carbocycles. The number of phosphoric acid groups is 3. The minimum atomic E-state index is -5.95. The summed E-state index contributed by atoms with van der Waals surface area (Å²) in [5, 5.41) is 60.6. The number of hydrogen-bond donors (Lipinski definition) is 8. The second-order valence-electron chi connectivity index (χ2n) is 23.5. The van der Waals surface area contributed by atoms with Gasteiger partial charge in [0.25, 0.3) is 15.6 Å². The molecule has 0 spiro atoms. The first kappa shape index (κ1) is 64.0. The third kappa shape index (κ3) is 14.7. The molecule has 9 N–H and O–H groups in total. The lowest BCUT2D eigenvalue weighted by molar-refractivity contribution is -0.347. The van der Waals surface area contributed by atoms with E-state index in [4.69, 9.17) is 10.5 Å². The maximum atomic E-state index is 13.0. The van der Waals surface area contributed by atoms with Gasteiger partial charge in [-0.2, -0.15) is 0 Å². The van der Waals surface area contributed by atoms with Crippen molar-refractivity contribution < 1.29 is 95.8 Å². The standard InChI is InChI=1S/C48H80N7O20P3S/c1-25(29-10-11-30-36-31(20-34(58)48(29,30)6)47(5)14-12-28(56)18-27(47)19-32(36)57)8-7-9-26(2)45(63)79-17-16-50-35(59)13-15-51-43(62)40(61)46(3,4)22-72-78(69,70)75-77(67,68)71-21-33-39(74-76(64,65)66)38(60)44(73-33)55-24-54-37-41(49)52-23-53-42(37)55/h23-34,36,38-40,44,56-58,60-61H,7-22H2,1-6H3,(H,50,59)(H,51,62)(H,67,68)(H,69,70)(H2,49,52,53)(H2,64,65,66)/p-4/t25-,26-,27+,28-,29-,30+,31+,32-,33-,34+,36+,38-,39-,40+,44-,47+,48-/m1/s1. The molecule has 31 heteroatoms. The highest BCUT2D eigenvalue weighted by atomic mass is 32.2. The van der Waals surface area contributed by atoms with E-state index in [1.54, 1.807) is 0 Å². The highest BCUT2D eigenvalue weighted by Crippen LogP contribution is 2.68. The molecule has 1 saturated heterocycles. The summed E-state index contributed by atoms with van der Waals surface area (Å²) in [7, 11) is -17.7. The third-order valence-electron chi connectivity index (χ3n) is 17.9. The number of hydrogen-bond acceptors (Lipinski definition) is 25. The van der Waals surface area contributed by atoms with Crippen molar-refractivity contribution in [1.82, 2.24) is 30.2 Å². The number of imidazole rings is 1. The molecular weight excluding hydrogens is 1120 g/mol. The van der Waals surface area contributed by atoms with Crippen LogP contribution in [0.2, 0.25) is 0 Å². The Hall–Kier alpha value is -2.56. The van der Waals surface area contributed by atoms with Gasteiger partial charge >= 0.3 is 0 Å². The predicted octanol–water partition coefficient (Wildman–Crippen LogP) is 0.541. The van der Waals surface area contributed by atoms with Crippen LogP contribution in [0.15, 0.2) is 12.7 Å². The van der Waals surface area contributed by atoms with E-state index in [1.807, 2.05) is 6.92 Å². The van der Waals surface area contributed by atoms with Gasteiger partial charge in [0.05, 0.1) is 45.7 Å². The van der Waals surface area contributed by atoms with E-state index in [1.165, 1.54) is 13.8 Å². The third-order valence-corrected chi connectivity index (χ3v) is 22.0. The van der Waals surface area contributed by atoms with Crippen LogP contribution < -0.4 is 35.9 Å². The van der Waals surface area contributed by atoms with Gasteiger partial charge in [0.1, 0.15) is 36.3 Å². The molecule has 7 rings (SSSR count). The summed E-state index contributed by atoms with van der Waals surface area (Å²) < 4.78 is 61.2. The second kappa shape index (κ2) is 25.3. The number of phosphoric ester groups is 3. The molecule has 4 aliphatic carbocycles. The normalized spacial score (nSPS) is 34.6. The van der Waals surface area contributed by atoms with Crippen LogP contribution >= 0.6 is 35.2 Å². The molecule has 2 aromatic heterocycles. The Labute approximate surface area is 462 Å². The molecule has 0 radical (unpaired) electrons. The summed E-state index contributed by atoms with van der Waals surface area (Å²) in [5.74, 6) is 0.0193. The first-order chi connectivity index (χ1) is 36.8. The number of amides is 2. The molecule has 19 atom stereocenters. The van der Waals surface area contributed by atoms with Crippen LogP contribution in [-0.2, 0) is 50.7 Å². The van der Waals surface area contributed by atoms with Crippen LogP contribution in [0.1, 0.15) is 118 Å². The van der Waals surface area contributed by atoms with Crippen molar-refractivity contribution in [3.8, 4) is 0 Å². The SMILES string of the molecule is C[C@H](CCC[C@@H](C)[C@H]1CC[C@H]2[C@@H]3[C@H](O)C[C@@H]4C[C@H](O)CC[C@]4(C)[C@H]3C[C@H](O)[C@]12C)C(=O)SCCNC(=O)CCNC(=O)[C@H](O)C(C)(C)COP(=O)([O-])OP(=O)([O-])OC[C@H]1O[C@@H](n2cnc3c(N)ncnc32)[C@H](O)[C@@H]1OP(=O)([O-])[O-]. The average molecular weight is 1200 g/mol. The Morgan fingerprint density at radius 2 is 1.66 bits per heavy atom. The van der Waals surface area contributed by atoms with Crippen LogP contribution in [0.4, 0.5) is 5.82 Å². The molecule has 2 amide bonds. The minimum Gasteiger partial charge on any atom is -0.790 e. The first-order valence-corrected chi connectivity index (χ1v) is 32.2. The summed E-state index contributed by atoms with van der Waals surface area (Å²) in [6, 6.07) is 0. The number of anilines is 1. The Balaban J connectivity index is 0.770. The number of carbonyl (C=O) groups excluding carboxylic acids is 3. The maximum absolute atomic E-state index is 13.0. The van der Waals surface area contributed by atoms with E-state index >= 15 is 0 Å². The van der Waals surface area contributed by atoms with Crippen molar-refractivity contribution in [3.63, 3.8) is 0 Å². The number of ether oxygens (including phenoxy) is 1. The predicted molar refractivity (Wildman–Crippen MR) is 274 cm³/mol. The zero-order chi connectivity index (χ0) is 58.2. The van der Waals surface area contributed by atoms with Crippen LogP contribution in [0, 0.1) is 57.7 Å². The van der Waals surface area contributed by atoms with Crippen molar-refractivity contribution in [1.29, 1.82) is 0 Å². The van der Waals surface area contributed by atoms with Crippen molar-refractivity contribution in [2.75, 3.05) is 37.8 Å². The lowest BCUT2D eigenvalue weighted by Gasteiger charge is -2.63. The number of nitrogens with two attached hydrogens (primary N) is 1. The summed E-state index contributed by atoms with van der Waals surface area (Å²) in [4.78, 5) is 98.4. The van der Waals surface area contributed by atoms with Gasteiger partial charge in [-0.05, 0) is 97.7 Å². The fourth-order valence-corrected chi connectivity index (χ4v) is 17.1. The molecule has 448 valence electrons. The number of nitrogens with zero attached hydrogens (tertiary/aromatic N) is 4. The van der Waals surface area contributed by atoms with Gasteiger partial charge in [-0.25, -0.2) is 19.3 Å². The van der Waals surface area contributed by atoms with Crippen molar-refractivity contribution >= 4 is 69.1 Å². The number of aliphatic hydroxyl groups excluding tert-OH is 5. The van der Waals surface area contributed by atoms with E-state index in [0.717, 1.165) is 73.9 Å². The number of fused-ring (bicyclic) bond motifs is 6. The fraction of sp³-hybridized carbons (Fsp3) is 0.833. The molecule has 2 aromatic rings. The molecule has 79 heavy (non-hydrogen) atoms. The van der Waals surface area contributed by atoms with Gasteiger partial charge < -0.3 is 84.3 Å². The molecule has 5 aliphatic rings. The van der Waals surface area contributed by atoms with Gasteiger partial charge in [-0.3, -0.25) is 28.1 Å². The molecule has 3 heterocycles. The molecule has 0 bridgehead atoms. The second-order valence-corrected chi connectivity index (χ2v) is 28.6. The quantitative estimate of drug-likeness (QED) is 0.0497. The van der Waals surface area contributed by atoms with Crippen molar-refractivity contribution in [2.45, 2.75) is 161 Å². The largest absolute Gasteiger partial charge is 0.790 e. The number of nitrogen functional groups attached to an aromatic ring is 1. The Morgan fingerprint density at radius 1 is 0.949 bits per heavy atom. The summed E-state index contributed by atoms with van der Waals surface area (Å²) in [6.07, 6.45) is -0.659. The Kier molecular flexibility index (Phi) is 20.5. The maximum Gasteiger partial charge on any atom is 0.274 e. The highest BCUT2D eigenvalue weighted by Gasteiger charge is 2.65. The Morgan fingerprint density at radius 3 is 2.37 bits per heavy atom. The molecule has 27 nitrogen and oxygen atoms in total. The van der Waals surface area contributed by atoms with Crippen molar-refractivity contribution in [2.24, 2.45) is 57.7 Å². The van der Waals surface area contributed by atoms with Gasteiger partial charge in [0, 0.05) is 36.6 Å². The number of carbonyl (C=O) groups is 3. The molecular formula is C48H76N7O20P3S-4. The zero-order valence-electron chi connectivity index (χ0n) is 45.1. The number of aromatic nitrogens is 4. The monoisotopic (exact) mass is 1200 g/mol. The molecule has 5 fully saturated rings. The lowest BCUT2D eigenvalue weighted by atomic mass is 9.43. The fourth-order valence-electron chi connectivity index (χ4n) is 13.6. The number of thioether (sulfide) groups is 1. The topological polar surface area (TPSA) is 436 Å². The van der Waals surface area contributed by atoms with Gasteiger partial charge in [0.2, 0.25) is 11.8 Å². The average Bonchev–Trinajstić information content (AvgIpc) is 3.87. The minimum absolute atomic E-state index is 0.00233. The van der Waals surface area contributed by atoms with E-state index in [2.05, 4.69) is 64.2 Å². The summed E-state index contributed by atoms with van der Waals surface area (Å²) in [5.41, 5.74) is 3.78. The summed E-state index contributed by atoms with van der Waals surface area (Å²) in [6.45, 7) is 8.75. The molecule has 2 unspecified atom stereocenters. The van der Waals surface area contributed by atoms with E-state index in [0.29, 0.717) is 36.9 Å². The summed E-state index contributed by atoms with van der Waals surface area (Å²) >= 11 is 1.11. The van der Waals surface area contributed by atoms with Crippen LogP contribution in [0.25, 0.3) is 11.2 Å².